The monoisotopic (exact) mass is 568 g/mol. The number of rotatable bonds is 13. The van der Waals surface area contributed by atoms with Gasteiger partial charge in [0.05, 0.1) is 19.5 Å². The molecule has 1 saturated carbocycles. The van der Waals surface area contributed by atoms with E-state index in [4.69, 9.17) is 9.47 Å². The minimum Gasteiger partial charge on any atom is -0.493 e. The molecule has 0 atom stereocenters. The van der Waals surface area contributed by atoms with Gasteiger partial charge in [0.1, 0.15) is 0 Å². The Morgan fingerprint density at radius 1 is 1.19 bits per heavy atom. The average Bonchev–Trinajstić information content (AvgIpc) is 2.69. The second kappa shape index (κ2) is 14.7. The average molecular weight is 569 g/mol. The Morgan fingerprint density at radius 2 is 1.94 bits per heavy atom. The van der Waals surface area contributed by atoms with Crippen molar-refractivity contribution in [2.24, 2.45) is 10.9 Å². The Bertz CT molecular complexity index is 786. The summed E-state index contributed by atoms with van der Waals surface area (Å²) in [6, 6.07) is 5.97. The number of sulfonamides is 1. The number of hydrogen-bond acceptors (Lipinski definition) is 5. The fourth-order valence-corrected chi connectivity index (χ4v) is 4.19. The molecule has 0 unspecified atom stereocenters. The molecule has 0 amide bonds. The van der Waals surface area contributed by atoms with Gasteiger partial charge in [-0.05, 0) is 56.2 Å². The van der Waals surface area contributed by atoms with Crippen molar-refractivity contribution < 1.29 is 17.9 Å². The molecule has 0 spiro atoms. The molecule has 1 aromatic rings. The van der Waals surface area contributed by atoms with Crippen LogP contribution in [-0.2, 0) is 16.4 Å². The summed E-state index contributed by atoms with van der Waals surface area (Å²) in [5.41, 5.74) is 1.17. The van der Waals surface area contributed by atoms with Gasteiger partial charge in [-0.2, -0.15) is 0 Å². The number of aryl methyl sites for hydroxylation is 1. The molecule has 178 valence electrons. The van der Waals surface area contributed by atoms with E-state index in [1.165, 1.54) is 12.0 Å². The molecule has 3 N–H and O–H groups in total. The van der Waals surface area contributed by atoms with E-state index in [9.17, 15) is 8.42 Å². The molecule has 1 aliphatic rings. The molecule has 10 heteroatoms. The van der Waals surface area contributed by atoms with Crippen molar-refractivity contribution in [1.82, 2.24) is 15.4 Å². The second-order valence-electron chi connectivity index (χ2n) is 7.41. The maximum absolute atomic E-state index is 12.1. The van der Waals surface area contributed by atoms with Gasteiger partial charge in [-0.15, -0.1) is 24.0 Å². The first-order valence-corrected chi connectivity index (χ1v) is 12.3. The highest BCUT2D eigenvalue weighted by molar-refractivity contribution is 14.0. The maximum atomic E-state index is 12.1. The lowest BCUT2D eigenvalue weighted by molar-refractivity contribution is 0.310. The van der Waals surface area contributed by atoms with E-state index >= 15 is 0 Å². The quantitative estimate of drug-likeness (QED) is 0.146. The Kier molecular flexibility index (Phi) is 13.2. The van der Waals surface area contributed by atoms with Crippen molar-refractivity contribution in [2.75, 3.05) is 46.2 Å². The fraction of sp³-hybridized carbons (Fsp3) is 0.667. The maximum Gasteiger partial charge on any atom is 0.213 e. The summed E-state index contributed by atoms with van der Waals surface area (Å²) in [6.45, 7) is 4.14. The number of halogens is 1. The van der Waals surface area contributed by atoms with Crippen LogP contribution in [0.4, 0.5) is 0 Å². The lowest BCUT2D eigenvalue weighted by Crippen LogP contribution is -2.42. The van der Waals surface area contributed by atoms with Gasteiger partial charge in [0.2, 0.25) is 10.0 Å². The zero-order valence-electron chi connectivity index (χ0n) is 18.8. The van der Waals surface area contributed by atoms with Crippen molar-refractivity contribution in [3.05, 3.63) is 23.8 Å². The number of aliphatic imine (C=N–C) groups is 1. The van der Waals surface area contributed by atoms with Crippen LogP contribution in [-0.4, -0.2) is 60.5 Å². The first kappa shape index (κ1) is 27.8. The summed E-state index contributed by atoms with van der Waals surface area (Å²) < 4.78 is 37.7. The van der Waals surface area contributed by atoms with Crippen molar-refractivity contribution >= 4 is 40.0 Å². The second-order valence-corrected chi connectivity index (χ2v) is 9.34. The fourth-order valence-electron chi connectivity index (χ4n) is 3.18. The van der Waals surface area contributed by atoms with Crippen molar-refractivity contribution in [3.63, 3.8) is 0 Å². The molecule has 0 bridgehead atoms. The SMILES string of the molecule is CCOc1cc(CCCNC(=NC)NCCS(=O)(=O)NCC2CCC2)ccc1OC.I. The first-order chi connectivity index (χ1) is 14.5. The third-order valence-electron chi connectivity index (χ3n) is 5.17. The van der Waals surface area contributed by atoms with Crippen molar-refractivity contribution in [3.8, 4) is 11.5 Å². The topological polar surface area (TPSA) is 101 Å². The van der Waals surface area contributed by atoms with Gasteiger partial charge >= 0.3 is 0 Å². The summed E-state index contributed by atoms with van der Waals surface area (Å²) in [5, 5.41) is 6.29. The van der Waals surface area contributed by atoms with Gasteiger partial charge in [0.15, 0.2) is 17.5 Å². The van der Waals surface area contributed by atoms with E-state index in [-0.39, 0.29) is 29.7 Å². The number of nitrogens with one attached hydrogen (secondary N) is 3. The van der Waals surface area contributed by atoms with Crippen LogP contribution in [0.25, 0.3) is 0 Å². The Morgan fingerprint density at radius 3 is 2.55 bits per heavy atom. The normalized spacial score (nSPS) is 14.4. The van der Waals surface area contributed by atoms with Crippen molar-refractivity contribution in [1.29, 1.82) is 0 Å². The van der Waals surface area contributed by atoms with E-state index in [2.05, 4.69) is 20.3 Å². The van der Waals surface area contributed by atoms with E-state index in [0.29, 0.717) is 31.6 Å². The van der Waals surface area contributed by atoms with Crippen LogP contribution in [0.5, 0.6) is 11.5 Å². The number of nitrogens with zero attached hydrogens (tertiary/aromatic N) is 1. The predicted octanol–water partition coefficient (Wildman–Crippen LogP) is 2.53. The molecule has 0 aliphatic heterocycles. The summed E-state index contributed by atoms with van der Waals surface area (Å²) in [6.07, 6.45) is 5.25. The lowest BCUT2D eigenvalue weighted by atomic mass is 9.86. The standard InChI is InChI=1S/C21H36N4O4S.HI/c1-4-29-20-15-17(10-11-19(20)28-3)9-6-12-23-21(22-2)24-13-14-30(26,27)25-16-18-7-5-8-18;/h10-11,15,18,25H,4-9,12-14,16H2,1-3H3,(H2,22,23,24);1H. The zero-order valence-corrected chi connectivity index (χ0v) is 21.9. The molecule has 2 rings (SSSR count). The highest BCUT2D eigenvalue weighted by atomic mass is 127. The van der Waals surface area contributed by atoms with Crippen LogP contribution in [0.15, 0.2) is 23.2 Å². The number of benzene rings is 1. The molecular formula is C21H37IN4O4S. The highest BCUT2D eigenvalue weighted by Gasteiger charge is 2.20. The van der Waals surface area contributed by atoms with E-state index in [1.807, 2.05) is 25.1 Å². The minimum atomic E-state index is -3.25. The van der Waals surface area contributed by atoms with Gasteiger partial charge in [0.25, 0.3) is 0 Å². The number of ether oxygens (including phenoxy) is 2. The van der Waals surface area contributed by atoms with Gasteiger partial charge in [-0.25, -0.2) is 13.1 Å². The summed E-state index contributed by atoms with van der Waals surface area (Å²) in [5.74, 6) is 2.65. The van der Waals surface area contributed by atoms with E-state index in [1.54, 1.807) is 14.2 Å². The molecule has 31 heavy (non-hydrogen) atoms. The molecule has 1 aliphatic carbocycles. The molecule has 0 heterocycles. The molecule has 8 nitrogen and oxygen atoms in total. The molecule has 0 aromatic heterocycles. The smallest absolute Gasteiger partial charge is 0.213 e. The minimum absolute atomic E-state index is 0. The molecular weight excluding hydrogens is 531 g/mol. The third kappa shape index (κ3) is 10.3. The number of methoxy groups -OCH3 is 1. The Hall–Kier alpha value is -1.27. The van der Waals surface area contributed by atoms with Crippen LogP contribution in [0.3, 0.4) is 0 Å². The van der Waals surface area contributed by atoms with E-state index < -0.39 is 10.0 Å². The van der Waals surface area contributed by atoms with Gasteiger partial charge in [0, 0.05) is 26.7 Å². The van der Waals surface area contributed by atoms with Crippen LogP contribution in [0.1, 0.15) is 38.2 Å². The lowest BCUT2D eigenvalue weighted by Gasteiger charge is -2.25. The van der Waals surface area contributed by atoms with Crippen molar-refractivity contribution in [2.45, 2.75) is 39.0 Å². The van der Waals surface area contributed by atoms with Crippen LogP contribution >= 0.6 is 24.0 Å². The predicted molar refractivity (Wildman–Crippen MR) is 136 cm³/mol. The summed E-state index contributed by atoms with van der Waals surface area (Å²) >= 11 is 0. The Balaban J connectivity index is 0.00000480. The largest absolute Gasteiger partial charge is 0.493 e. The molecule has 0 saturated heterocycles. The van der Waals surface area contributed by atoms with Gasteiger partial charge in [-0.1, -0.05) is 12.5 Å². The molecule has 1 fully saturated rings. The third-order valence-corrected chi connectivity index (χ3v) is 6.51. The molecule has 0 radical (unpaired) electrons. The Labute approximate surface area is 204 Å². The summed E-state index contributed by atoms with van der Waals surface area (Å²) in [7, 11) is 0.0618. The number of guanidine groups is 1. The number of hydrogen-bond donors (Lipinski definition) is 3. The summed E-state index contributed by atoms with van der Waals surface area (Å²) in [4.78, 5) is 4.15. The first-order valence-electron chi connectivity index (χ1n) is 10.7. The van der Waals surface area contributed by atoms with Gasteiger partial charge in [-0.3, -0.25) is 4.99 Å². The molecule has 1 aromatic carbocycles. The van der Waals surface area contributed by atoms with Crippen LogP contribution < -0.4 is 24.8 Å². The zero-order chi connectivity index (χ0) is 21.8. The van der Waals surface area contributed by atoms with Gasteiger partial charge < -0.3 is 20.1 Å². The van der Waals surface area contributed by atoms with Crippen LogP contribution in [0, 0.1) is 5.92 Å². The van der Waals surface area contributed by atoms with E-state index in [0.717, 1.165) is 43.7 Å². The van der Waals surface area contributed by atoms with Crippen LogP contribution in [0.2, 0.25) is 0 Å². The highest BCUT2D eigenvalue weighted by Crippen LogP contribution is 2.28.